The monoisotopic (exact) mass is 530 g/mol. The lowest BCUT2D eigenvalue weighted by molar-refractivity contribution is -0.279. The van der Waals surface area contributed by atoms with Gasteiger partial charge in [-0.1, -0.05) is 36.4 Å². The number of alkyl halides is 3. The van der Waals surface area contributed by atoms with Crippen LogP contribution in [-0.4, -0.2) is 54.1 Å². The average molecular weight is 531 g/mol. The summed E-state index contributed by atoms with van der Waals surface area (Å²) in [5, 5.41) is 13.4. The minimum Gasteiger partial charge on any atom is -0.410 e. The Morgan fingerprint density at radius 2 is 1.87 bits per heavy atom. The van der Waals surface area contributed by atoms with Crippen LogP contribution >= 0.6 is 0 Å². The van der Waals surface area contributed by atoms with E-state index in [1.165, 1.54) is 12.8 Å². The Bertz CT molecular complexity index is 1120. The zero-order chi connectivity index (χ0) is 26.8. The molecule has 0 radical (unpaired) electrons. The molecule has 206 valence electrons. The van der Waals surface area contributed by atoms with E-state index in [0.717, 1.165) is 42.7 Å². The van der Waals surface area contributed by atoms with Gasteiger partial charge in [0.2, 0.25) is 0 Å². The van der Waals surface area contributed by atoms with E-state index >= 15 is 0 Å². The fourth-order valence-corrected chi connectivity index (χ4v) is 6.92. The van der Waals surface area contributed by atoms with Crippen LogP contribution in [0.25, 0.3) is 0 Å². The Balaban J connectivity index is 1.31. The predicted octanol–water partition coefficient (Wildman–Crippen LogP) is 5.78. The van der Waals surface area contributed by atoms with E-state index in [0.29, 0.717) is 31.6 Å². The molecule has 38 heavy (non-hydrogen) atoms. The molecule has 1 heterocycles. The van der Waals surface area contributed by atoms with Crippen molar-refractivity contribution in [2.45, 2.75) is 75.0 Å². The number of hydrogen-bond donors (Lipinski definition) is 2. The Hall–Kier alpha value is -2.58. The molecule has 2 aromatic rings. The summed E-state index contributed by atoms with van der Waals surface area (Å²) in [7, 11) is 0. The highest BCUT2D eigenvalue weighted by Crippen LogP contribution is 2.57. The van der Waals surface area contributed by atoms with Crippen molar-refractivity contribution in [1.29, 1.82) is 0 Å². The summed E-state index contributed by atoms with van der Waals surface area (Å²) >= 11 is 0. The zero-order valence-corrected chi connectivity index (χ0v) is 21.7. The van der Waals surface area contributed by atoms with Crippen LogP contribution in [0.5, 0.6) is 5.75 Å². The Morgan fingerprint density at radius 3 is 2.61 bits per heavy atom. The number of nitrogens with zero attached hydrogens (tertiary/aromatic N) is 1. The van der Waals surface area contributed by atoms with Crippen molar-refractivity contribution >= 4 is 6.09 Å². The molecule has 0 bridgehead atoms. The maximum atomic E-state index is 13.8. The number of halogens is 3. The number of nitrogens with one attached hydrogen (secondary N) is 1. The molecule has 1 saturated heterocycles. The van der Waals surface area contributed by atoms with E-state index in [1.54, 1.807) is 6.07 Å². The molecule has 1 unspecified atom stereocenters. The van der Waals surface area contributed by atoms with Crippen LogP contribution in [0.1, 0.15) is 61.6 Å². The maximum Gasteiger partial charge on any atom is 0.417 e. The molecule has 0 spiro atoms. The van der Waals surface area contributed by atoms with Gasteiger partial charge in [-0.2, -0.15) is 13.2 Å². The third kappa shape index (κ3) is 5.57. The van der Waals surface area contributed by atoms with Crippen molar-refractivity contribution in [3.63, 3.8) is 0 Å². The molecule has 8 heteroatoms. The molecule has 2 fully saturated rings. The minimum atomic E-state index is -4.65. The third-order valence-electron chi connectivity index (χ3n) is 8.95. The van der Waals surface area contributed by atoms with Crippen LogP contribution in [0.2, 0.25) is 0 Å². The number of aliphatic hydroxyl groups is 1. The molecular formula is C30H37F3N2O3. The predicted molar refractivity (Wildman–Crippen MR) is 139 cm³/mol. The molecule has 1 amide bonds. The van der Waals surface area contributed by atoms with Crippen molar-refractivity contribution in [3.05, 3.63) is 65.2 Å². The standard InChI is InChI=1S/C30H37F3N2O3/c31-30(32,33)29(37)14-13-28(20-22-7-2-1-3-8-22)24(21-29)10-9-23-19-25(11-12-26(23)28)38-27(36)34-15-6-18-35-16-4-5-17-35/h1-3,7-8,11-12,19,24,37H,4-6,9-10,13-18,20-21H2,(H,34,36)/t24?,28-,29+/m0/s1. The molecule has 2 aromatic carbocycles. The first-order chi connectivity index (χ1) is 18.2. The number of carbonyl (C=O) groups is 1. The van der Waals surface area contributed by atoms with Gasteiger partial charge in [0.25, 0.3) is 0 Å². The first kappa shape index (κ1) is 27.0. The van der Waals surface area contributed by atoms with Gasteiger partial charge in [-0.05, 0) is 112 Å². The summed E-state index contributed by atoms with van der Waals surface area (Å²) in [6.45, 7) is 3.76. The number of amides is 1. The zero-order valence-electron chi connectivity index (χ0n) is 21.7. The lowest BCUT2D eigenvalue weighted by atomic mass is 9.52. The van der Waals surface area contributed by atoms with Crippen LogP contribution in [-0.2, 0) is 18.3 Å². The number of fused-ring (bicyclic) bond motifs is 3. The fourth-order valence-electron chi connectivity index (χ4n) is 6.92. The van der Waals surface area contributed by atoms with Gasteiger partial charge in [-0.15, -0.1) is 0 Å². The summed E-state index contributed by atoms with van der Waals surface area (Å²) < 4.78 is 46.9. The van der Waals surface area contributed by atoms with Crippen LogP contribution in [0, 0.1) is 5.92 Å². The summed E-state index contributed by atoms with van der Waals surface area (Å²) in [6, 6.07) is 15.4. The topological polar surface area (TPSA) is 61.8 Å². The van der Waals surface area contributed by atoms with Gasteiger partial charge in [0, 0.05) is 12.0 Å². The van der Waals surface area contributed by atoms with Crippen molar-refractivity contribution in [3.8, 4) is 5.75 Å². The lowest BCUT2D eigenvalue weighted by Gasteiger charge is -2.53. The number of benzene rings is 2. The molecular weight excluding hydrogens is 493 g/mol. The third-order valence-corrected chi connectivity index (χ3v) is 8.95. The highest BCUT2D eigenvalue weighted by atomic mass is 19.4. The Kier molecular flexibility index (Phi) is 7.74. The summed E-state index contributed by atoms with van der Waals surface area (Å²) in [5.41, 5.74) is -0.0702. The van der Waals surface area contributed by atoms with Crippen LogP contribution < -0.4 is 10.1 Å². The second-order valence-corrected chi connectivity index (χ2v) is 11.3. The van der Waals surface area contributed by atoms with E-state index in [2.05, 4.69) is 10.2 Å². The molecule has 0 aromatic heterocycles. The van der Waals surface area contributed by atoms with Gasteiger partial charge < -0.3 is 20.1 Å². The maximum absolute atomic E-state index is 13.8. The highest BCUT2D eigenvalue weighted by Gasteiger charge is 2.61. The lowest BCUT2D eigenvalue weighted by Crippen LogP contribution is -2.56. The van der Waals surface area contributed by atoms with Gasteiger partial charge >= 0.3 is 12.3 Å². The smallest absolute Gasteiger partial charge is 0.410 e. The largest absolute Gasteiger partial charge is 0.417 e. The summed E-state index contributed by atoms with van der Waals surface area (Å²) in [5.74, 6) is 0.137. The molecule has 2 N–H and O–H groups in total. The second-order valence-electron chi connectivity index (χ2n) is 11.3. The number of rotatable bonds is 7. The first-order valence-corrected chi connectivity index (χ1v) is 13.8. The quantitative estimate of drug-likeness (QED) is 0.446. The Labute approximate surface area is 222 Å². The van der Waals surface area contributed by atoms with Crippen molar-refractivity contribution in [2.75, 3.05) is 26.2 Å². The molecule has 3 atom stereocenters. The van der Waals surface area contributed by atoms with Gasteiger partial charge in [-0.3, -0.25) is 0 Å². The first-order valence-electron chi connectivity index (χ1n) is 13.8. The molecule has 1 saturated carbocycles. The molecule has 2 aliphatic carbocycles. The summed E-state index contributed by atoms with van der Waals surface area (Å²) in [4.78, 5) is 14.8. The molecule has 5 nitrogen and oxygen atoms in total. The minimum absolute atomic E-state index is 0.243. The number of ether oxygens (including phenoxy) is 1. The van der Waals surface area contributed by atoms with Gasteiger partial charge in [0.05, 0.1) is 0 Å². The molecule has 5 rings (SSSR count). The normalized spacial score (nSPS) is 27.4. The van der Waals surface area contributed by atoms with Crippen molar-refractivity contribution in [1.82, 2.24) is 10.2 Å². The van der Waals surface area contributed by atoms with E-state index in [1.807, 2.05) is 42.5 Å². The highest BCUT2D eigenvalue weighted by molar-refractivity contribution is 5.70. The number of aryl methyl sites for hydroxylation is 1. The number of hydrogen-bond acceptors (Lipinski definition) is 4. The van der Waals surface area contributed by atoms with E-state index in [4.69, 9.17) is 4.74 Å². The summed E-state index contributed by atoms with van der Waals surface area (Å²) in [6.07, 6.45) is -0.425. The molecule has 3 aliphatic rings. The SMILES string of the molecule is O=C(NCCCN1CCCC1)Oc1ccc2c(c1)CCC1C[C@@](O)(C(F)(F)F)CC[C@@]21Cc1ccccc1. The van der Waals surface area contributed by atoms with Gasteiger partial charge in [0.15, 0.2) is 5.60 Å². The number of carbonyl (C=O) groups excluding carboxylic acids is 1. The van der Waals surface area contributed by atoms with Crippen LogP contribution in [0.3, 0.4) is 0 Å². The van der Waals surface area contributed by atoms with E-state index in [9.17, 15) is 23.1 Å². The van der Waals surface area contributed by atoms with Crippen molar-refractivity contribution in [2.24, 2.45) is 5.92 Å². The van der Waals surface area contributed by atoms with E-state index < -0.39 is 23.3 Å². The van der Waals surface area contributed by atoms with Gasteiger partial charge in [0.1, 0.15) is 5.75 Å². The van der Waals surface area contributed by atoms with Crippen molar-refractivity contribution < 1.29 is 27.8 Å². The van der Waals surface area contributed by atoms with Crippen LogP contribution in [0.4, 0.5) is 18.0 Å². The fraction of sp³-hybridized carbons (Fsp3) is 0.567. The van der Waals surface area contributed by atoms with E-state index in [-0.39, 0.29) is 25.2 Å². The number of likely N-dealkylation sites (tertiary alicyclic amines) is 1. The van der Waals surface area contributed by atoms with Crippen LogP contribution in [0.15, 0.2) is 48.5 Å². The molecule has 1 aliphatic heterocycles. The second kappa shape index (κ2) is 10.9. The van der Waals surface area contributed by atoms with Gasteiger partial charge in [-0.25, -0.2) is 4.79 Å². The average Bonchev–Trinajstić information content (AvgIpc) is 3.41. The Morgan fingerprint density at radius 1 is 1.11 bits per heavy atom.